The van der Waals surface area contributed by atoms with Crippen LogP contribution in [0.3, 0.4) is 0 Å². The molecule has 0 aromatic heterocycles. The second-order valence-electron chi connectivity index (χ2n) is 8.82. The molecule has 0 bridgehead atoms. The van der Waals surface area contributed by atoms with Gasteiger partial charge in [-0.2, -0.15) is 5.01 Å². The normalized spacial score (nSPS) is 13.8. The van der Waals surface area contributed by atoms with E-state index in [0.717, 1.165) is 5.69 Å². The van der Waals surface area contributed by atoms with Crippen molar-refractivity contribution < 1.29 is 28.6 Å². The van der Waals surface area contributed by atoms with Crippen molar-refractivity contribution in [3.05, 3.63) is 59.2 Å². The lowest BCUT2D eigenvalue weighted by molar-refractivity contribution is -0.142. The van der Waals surface area contributed by atoms with Gasteiger partial charge in [-0.25, -0.2) is 4.79 Å². The van der Waals surface area contributed by atoms with Crippen molar-refractivity contribution in [3.63, 3.8) is 0 Å². The maximum Gasteiger partial charge on any atom is 0.338 e. The van der Waals surface area contributed by atoms with Crippen LogP contribution in [0.4, 0.5) is 11.4 Å². The molecule has 1 heterocycles. The predicted molar refractivity (Wildman–Crippen MR) is 151 cm³/mol. The molecule has 39 heavy (non-hydrogen) atoms. The zero-order valence-electron chi connectivity index (χ0n) is 23.4. The molecule has 0 saturated heterocycles. The number of carbonyl (C=O) groups excluding carboxylic acids is 3. The number of ether oxygens (including phenoxy) is 3. The molecule has 10 nitrogen and oxygen atoms in total. The summed E-state index contributed by atoms with van der Waals surface area (Å²) in [6.45, 7) is 7.39. The number of nitrogens with zero attached hydrogens (tertiary/aromatic N) is 4. The number of esters is 2. The van der Waals surface area contributed by atoms with Gasteiger partial charge in [-0.3, -0.25) is 9.59 Å². The molecular weight excluding hydrogens is 500 g/mol. The summed E-state index contributed by atoms with van der Waals surface area (Å²) in [5.41, 5.74) is 2.92. The van der Waals surface area contributed by atoms with Gasteiger partial charge in [-0.15, -0.1) is 5.10 Å². The summed E-state index contributed by atoms with van der Waals surface area (Å²) in [5.74, 6) is 0.105. The molecular formula is C29H36N4O6. The quantitative estimate of drug-likeness (QED) is 0.314. The number of methoxy groups -OCH3 is 1. The standard InChI is InChI=1S/C29H36N4O6/c1-7-32(17-16-26(34)38-8-2)23-15-12-21(25(19-23)37-6)18-24-27(31(4)5)30-33(28(24)35)22-13-10-20(11-14-22)29(36)39-9-3/h10-15,18-19H,7-9,16-17H2,1-6H3/b24-18-. The number of hydrogen-bond acceptors (Lipinski definition) is 9. The van der Waals surface area contributed by atoms with Crippen molar-refractivity contribution in [1.29, 1.82) is 0 Å². The highest BCUT2D eigenvalue weighted by molar-refractivity contribution is 6.32. The van der Waals surface area contributed by atoms with Gasteiger partial charge in [-0.05, 0) is 63.2 Å². The van der Waals surface area contributed by atoms with E-state index in [2.05, 4.69) is 10.0 Å². The number of amides is 1. The minimum Gasteiger partial charge on any atom is -0.496 e. The van der Waals surface area contributed by atoms with E-state index in [0.29, 0.717) is 53.7 Å². The number of rotatable bonds is 11. The number of anilines is 2. The van der Waals surface area contributed by atoms with Gasteiger partial charge < -0.3 is 24.0 Å². The molecule has 0 radical (unpaired) electrons. The van der Waals surface area contributed by atoms with Crippen molar-refractivity contribution in [2.24, 2.45) is 5.10 Å². The van der Waals surface area contributed by atoms with Gasteiger partial charge in [-0.1, -0.05) is 0 Å². The van der Waals surface area contributed by atoms with Gasteiger partial charge in [0.05, 0.1) is 43.6 Å². The smallest absolute Gasteiger partial charge is 0.338 e. The summed E-state index contributed by atoms with van der Waals surface area (Å²) < 4.78 is 15.7. The summed E-state index contributed by atoms with van der Waals surface area (Å²) >= 11 is 0. The predicted octanol–water partition coefficient (Wildman–Crippen LogP) is 3.96. The Bertz CT molecular complexity index is 1250. The Morgan fingerprint density at radius 1 is 1.00 bits per heavy atom. The summed E-state index contributed by atoms with van der Waals surface area (Å²) in [5, 5.41) is 5.86. The number of amidine groups is 1. The van der Waals surface area contributed by atoms with Crippen molar-refractivity contribution in [3.8, 4) is 5.75 Å². The van der Waals surface area contributed by atoms with Gasteiger partial charge in [0, 0.05) is 44.5 Å². The molecule has 1 aliphatic rings. The molecule has 10 heteroatoms. The van der Waals surface area contributed by atoms with Crippen LogP contribution in [0, 0.1) is 0 Å². The van der Waals surface area contributed by atoms with Crippen LogP contribution in [0.15, 0.2) is 53.1 Å². The third-order valence-electron chi connectivity index (χ3n) is 6.06. The van der Waals surface area contributed by atoms with Gasteiger partial charge in [0.25, 0.3) is 5.91 Å². The zero-order chi connectivity index (χ0) is 28.5. The summed E-state index contributed by atoms with van der Waals surface area (Å²) in [6, 6.07) is 12.2. The van der Waals surface area contributed by atoms with Crippen LogP contribution >= 0.6 is 0 Å². The first-order valence-electron chi connectivity index (χ1n) is 12.9. The minimum atomic E-state index is -0.423. The lowest BCUT2D eigenvalue weighted by atomic mass is 10.1. The van der Waals surface area contributed by atoms with Crippen molar-refractivity contribution in [1.82, 2.24) is 4.90 Å². The third-order valence-corrected chi connectivity index (χ3v) is 6.06. The summed E-state index contributed by atoms with van der Waals surface area (Å²) in [7, 11) is 5.21. The first kappa shape index (κ1) is 29.2. The van der Waals surface area contributed by atoms with E-state index in [1.165, 1.54) is 5.01 Å². The molecule has 1 amide bonds. The van der Waals surface area contributed by atoms with Crippen molar-refractivity contribution in [2.75, 3.05) is 57.4 Å². The third kappa shape index (κ3) is 6.95. The molecule has 0 fully saturated rings. The highest BCUT2D eigenvalue weighted by atomic mass is 16.5. The van der Waals surface area contributed by atoms with E-state index in [1.54, 1.807) is 56.2 Å². The van der Waals surface area contributed by atoms with Crippen LogP contribution in [0.1, 0.15) is 43.1 Å². The summed E-state index contributed by atoms with van der Waals surface area (Å²) in [6.07, 6.45) is 2.04. The van der Waals surface area contributed by atoms with Crippen LogP contribution in [0.2, 0.25) is 0 Å². The Morgan fingerprint density at radius 3 is 2.28 bits per heavy atom. The number of likely N-dealkylation sites (N-methyl/N-ethyl adjacent to an activating group) is 1. The monoisotopic (exact) mass is 536 g/mol. The van der Waals surface area contributed by atoms with Crippen LogP contribution < -0.4 is 14.6 Å². The lowest BCUT2D eigenvalue weighted by Gasteiger charge is -2.23. The van der Waals surface area contributed by atoms with Crippen LogP contribution in [0.5, 0.6) is 5.75 Å². The molecule has 2 aromatic rings. The second-order valence-corrected chi connectivity index (χ2v) is 8.82. The fourth-order valence-corrected chi connectivity index (χ4v) is 4.09. The Balaban J connectivity index is 1.89. The molecule has 2 aromatic carbocycles. The topological polar surface area (TPSA) is 101 Å². The zero-order valence-corrected chi connectivity index (χ0v) is 23.4. The molecule has 0 aliphatic carbocycles. The molecule has 0 saturated carbocycles. The molecule has 0 N–H and O–H groups in total. The SMILES string of the molecule is CCOC(=O)CCN(CC)c1ccc(/C=C2\C(=O)N(c3ccc(C(=O)OCC)cc3)N=C2N(C)C)c(OC)c1. The fourth-order valence-electron chi connectivity index (χ4n) is 4.09. The first-order chi connectivity index (χ1) is 18.7. The van der Waals surface area contributed by atoms with E-state index in [-0.39, 0.29) is 24.9 Å². The van der Waals surface area contributed by atoms with Crippen molar-refractivity contribution >= 4 is 41.1 Å². The average molecular weight is 537 g/mol. The van der Waals surface area contributed by atoms with E-state index in [1.807, 2.05) is 39.2 Å². The molecule has 0 spiro atoms. The number of hydrazone groups is 1. The van der Waals surface area contributed by atoms with Crippen LogP contribution in [-0.2, 0) is 19.1 Å². The maximum atomic E-state index is 13.5. The molecule has 0 atom stereocenters. The van der Waals surface area contributed by atoms with Gasteiger partial charge in [0.2, 0.25) is 0 Å². The highest BCUT2D eigenvalue weighted by Crippen LogP contribution is 2.31. The van der Waals surface area contributed by atoms with Gasteiger partial charge in [0.15, 0.2) is 5.84 Å². The Kier molecular flexibility index (Phi) is 10.1. The van der Waals surface area contributed by atoms with Gasteiger partial charge >= 0.3 is 11.9 Å². The number of benzene rings is 2. The van der Waals surface area contributed by atoms with Gasteiger partial charge in [0.1, 0.15) is 5.75 Å². The van der Waals surface area contributed by atoms with Crippen LogP contribution in [-0.4, -0.2) is 76.1 Å². The van der Waals surface area contributed by atoms with E-state index in [9.17, 15) is 14.4 Å². The first-order valence-corrected chi connectivity index (χ1v) is 12.9. The molecule has 1 aliphatic heterocycles. The molecule has 208 valence electrons. The minimum absolute atomic E-state index is 0.236. The van der Waals surface area contributed by atoms with E-state index in [4.69, 9.17) is 14.2 Å². The molecule has 0 unspecified atom stereocenters. The van der Waals surface area contributed by atoms with E-state index < -0.39 is 5.97 Å². The fraction of sp³-hybridized carbons (Fsp3) is 0.379. The van der Waals surface area contributed by atoms with E-state index >= 15 is 0 Å². The second kappa shape index (κ2) is 13.5. The number of hydrogen-bond donors (Lipinski definition) is 0. The Morgan fingerprint density at radius 2 is 1.69 bits per heavy atom. The highest BCUT2D eigenvalue weighted by Gasteiger charge is 2.33. The summed E-state index contributed by atoms with van der Waals surface area (Å²) in [4.78, 5) is 41.2. The van der Waals surface area contributed by atoms with Crippen LogP contribution in [0.25, 0.3) is 6.08 Å². The van der Waals surface area contributed by atoms with Crippen molar-refractivity contribution in [2.45, 2.75) is 27.2 Å². The molecule has 3 rings (SSSR count). The average Bonchev–Trinajstić information content (AvgIpc) is 3.26. The number of carbonyl (C=O) groups is 3. The Hall–Kier alpha value is -4.34. The largest absolute Gasteiger partial charge is 0.496 e. The lowest BCUT2D eigenvalue weighted by Crippen LogP contribution is -2.26. The maximum absolute atomic E-state index is 13.5. The Labute approximate surface area is 229 Å².